The zero-order valence-electron chi connectivity index (χ0n) is 11.6. The maximum atomic E-state index is 11.5. The first-order chi connectivity index (χ1) is 8.84. The minimum Gasteiger partial charge on any atom is -0.466 e. The fourth-order valence-corrected chi connectivity index (χ4v) is 2.19. The summed E-state index contributed by atoms with van der Waals surface area (Å²) in [5.74, 6) is -0.137. The zero-order chi connectivity index (χ0) is 14.5. The first kappa shape index (κ1) is 16.3. The number of carbonyl (C=O) groups is 1. The average Bonchev–Trinajstić information content (AvgIpc) is 2.30. The van der Waals surface area contributed by atoms with Crippen molar-refractivity contribution in [1.29, 1.82) is 0 Å². The third-order valence-electron chi connectivity index (χ3n) is 3.00. The number of hydrogen-bond donors (Lipinski definition) is 0. The smallest absolute Gasteiger partial charge is 0.306 e. The summed E-state index contributed by atoms with van der Waals surface area (Å²) in [4.78, 5) is 11.5. The second-order valence-corrected chi connectivity index (χ2v) is 6.21. The Bertz CT molecular complexity index is 442. The summed E-state index contributed by atoms with van der Waals surface area (Å²) in [6.07, 6.45) is 2.19. The number of halogens is 2. The van der Waals surface area contributed by atoms with Gasteiger partial charge in [-0.2, -0.15) is 0 Å². The average molecular weight is 303 g/mol. The van der Waals surface area contributed by atoms with Crippen molar-refractivity contribution in [2.24, 2.45) is 5.41 Å². The molecule has 0 spiro atoms. The molecule has 19 heavy (non-hydrogen) atoms. The van der Waals surface area contributed by atoms with Crippen LogP contribution in [0.4, 0.5) is 0 Å². The van der Waals surface area contributed by atoms with Crippen molar-refractivity contribution in [3.05, 3.63) is 33.8 Å². The van der Waals surface area contributed by atoms with E-state index in [1.807, 2.05) is 19.1 Å². The van der Waals surface area contributed by atoms with E-state index in [0.29, 0.717) is 23.1 Å². The SMILES string of the molecule is CCOC(=O)CC(C)(C)CCc1ccc(Cl)c(Cl)c1. The Morgan fingerprint density at radius 2 is 1.95 bits per heavy atom. The summed E-state index contributed by atoms with van der Waals surface area (Å²) in [5, 5.41) is 1.14. The van der Waals surface area contributed by atoms with Gasteiger partial charge < -0.3 is 4.74 Å². The van der Waals surface area contributed by atoms with Crippen molar-refractivity contribution < 1.29 is 9.53 Å². The topological polar surface area (TPSA) is 26.3 Å². The number of aryl methyl sites for hydroxylation is 1. The molecular formula is C15H20Cl2O2. The van der Waals surface area contributed by atoms with E-state index in [2.05, 4.69) is 13.8 Å². The molecule has 4 heteroatoms. The Balaban J connectivity index is 2.54. The van der Waals surface area contributed by atoms with Gasteiger partial charge in [0.05, 0.1) is 23.1 Å². The number of hydrogen-bond acceptors (Lipinski definition) is 2. The summed E-state index contributed by atoms with van der Waals surface area (Å²) in [5.41, 5.74) is 1.05. The quantitative estimate of drug-likeness (QED) is 0.698. The Hall–Kier alpha value is -0.730. The summed E-state index contributed by atoms with van der Waals surface area (Å²) in [6.45, 7) is 6.39. The summed E-state index contributed by atoms with van der Waals surface area (Å²) in [7, 11) is 0. The van der Waals surface area contributed by atoms with Gasteiger partial charge in [0, 0.05) is 0 Å². The van der Waals surface area contributed by atoms with Crippen LogP contribution in [-0.4, -0.2) is 12.6 Å². The molecule has 0 N–H and O–H groups in total. The van der Waals surface area contributed by atoms with Crippen LogP contribution >= 0.6 is 23.2 Å². The molecule has 0 aliphatic rings. The maximum Gasteiger partial charge on any atom is 0.306 e. The Morgan fingerprint density at radius 3 is 2.53 bits per heavy atom. The molecule has 1 aromatic carbocycles. The van der Waals surface area contributed by atoms with Crippen LogP contribution < -0.4 is 0 Å². The van der Waals surface area contributed by atoms with E-state index < -0.39 is 0 Å². The van der Waals surface area contributed by atoms with Gasteiger partial charge in [0.2, 0.25) is 0 Å². The van der Waals surface area contributed by atoms with E-state index >= 15 is 0 Å². The molecule has 0 saturated carbocycles. The van der Waals surface area contributed by atoms with Crippen LogP contribution in [0, 0.1) is 5.41 Å². The van der Waals surface area contributed by atoms with Crippen molar-refractivity contribution in [1.82, 2.24) is 0 Å². The van der Waals surface area contributed by atoms with Crippen molar-refractivity contribution in [3.8, 4) is 0 Å². The van der Waals surface area contributed by atoms with Crippen molar-refractivity contribution in [3.63, 3.8) is 0 Å². The normalized spacial score (nSPS) is 11.4. The molecule has 1 aromatic rings. The highest BCUT2D eigenvalue weighted by Gasteiger charge is 2.22. The van der Waals surface area contributed by atoms with Crippen LogP contribution in [-0.2, 0) is 16.0 Å². The van der Waals surface area contributed by atoms with Gasteiger partial charge in [-0.25, -0.2) is 0 Å². The van der Waals surface area contributed by atoms with E-state index in [9.17, 15) is 4.79 Å². The fourth-order valence-electron chi connectivity index (χ4n) is 1.87. The van der Waals surface area contributed by atoms with E-state index in [1.165, 1.54) is 0 Å². The van der Waals surface area contributed by atoms with Crippen LogP contribution in [0.3, 0.4) is 0 Å². The monoisotopic (exact) mass is 302 g/mol. The third kappa shape index (κ3) is 5.84. The lowest BCUT2D eigenvalue weighted by Gasteiger charge is -2.23. The highest BCUT2D eigenvalue weighted by atomic mass is 35.5. The Kier molecular flexibility index (Phi) is 6.15. The number of esters is 1. The lowest BCUT2D eigenvalue weighted by Crippen LogP contribution is -2.19. The Morgan fingerprint density at radius 1 is 1.26 bits per heavy atom. The summed E-state index contributed by atoms with van der Waals surface area (Å²) in [6, 6.07) is 5.65. The molecule has 0 unspecified atom stereocenters. The minimum atomic E-state index is -0.137. The molecule has 0 aromatic heterocycles. The van der Waals surface area contributed by atoms with E-state index in [4.69, 9.17) is 27.9 Å². The first-order valence-electron chi connectivity index (χ1n) is 6.43. The van der Waals surface area contributed by atoms with Gasteiger partial charge in [-0.15, -0.1) is 0 Å². The molecule has 0 aliphatic carbocycles. The van der Waals surface area contributed by atoms with E-state index in [0.717, 1.165) is 18.4 Å². The number of rotatable bonds is 6. The predicted octanol–water partition coefficient (Wildman–Crippen LogP) is 4.91. The molecule has 0 fully saturated rings. The van der Waals surface area contributed by atoms with Crippen LogP contribution in [0.15, 0.2) is 18.2 Å². The number of ether oxygens (including phenoxy) is 1. The molecule has 0 bridgehead atoms. The van der Waals surface area contributed by atoms with Crippen LogP contribution in [0.25, 0.3) is 0 Å². The highest BCUT2D eigenvalue weighted by Crippen LogP contribution is 2.29. The van der Waals surface area contributed by atoms with E-state index in [1.54, 1.807) is 6.07 Å². The van der Waals surface area contributed by atoms with E-state index in [-0.39, 0.29) is 11.4 Å². The molecule has 0 heterocycles. The number of benzene rings is 1. The lowest BCUT2D eigenvalue weighted by molar-refractivity contribution is -0.145. The largest absolute Gasteiger partial charge is 0.466 e. The summed E-state index contributed by atoms with van der Waals surface area (Å²) < 4.78 is 4.99. The molecular weight excluding hydrogens is 283 g/mol. The van der Waals surface area contributed by atoms with Crippen LogP contribution in [0.5, 0.6) is 0 Å². The predicted molar refractivity (Wildman–Crippen MR) is 79.8 cm³/mol. The molecule has 0 atom stereocenters. The Labute approximate surface area is 125 Å². The minimum absolute atomic E-state index is 0.0850. The van der Waals surface area contributed by atoms with Gasteiger partial charge in [-0.1, -0.05) is 43.1 Å². The maximum absolute atomic E-state index is 11.5. The van der Waals surface area contributed by atoms with Crippen LogP contribution in [0.2, 0.25) is 10.0 Å². The summed E-state index contributed by atoms with van der Waals surface area (Å²) >= 11 is 11.9. The first-order valence-corrected chi connectivity index (χ1v) is 7.19. The van der Waals surface area contributed by atoms with Gasteiger partial charge in [0.25, 0.3) is 0 Å². The second-order valence-electron chi connectivity index (χ2n) is 5.39. The molecule has 106 valence electrons. The lowest BCUT2D eigenvalue weighted by atomic mass is 9.83. The molecule has 0 aliphatic heterocycles. The standard InChI is InChI=1S/C15H20Cl2O2/c1-4-19-14(18)10-15(2,3)8-7-11-5-6-12(16)13(17)9-11/h5-6,9H,4,7-8,10H2,1-3H3. The molecule has 0 amide bonds. The van der Waals surface area contributed by atoms with Gasteiger partial charge in [-0.3, -0.25) is 4.79 Å². The van der Waals surface area contributed by atoms with Crippen molar-refractivity contribution in [2.45, 2.75) is 40.0 Å². The molecule has 0 saturated heterocycles. The molecule has 1 rings (SSSR count). The van der Waals surface area contributed by atoms with Gasteiger partial charge in [-0.05, 0) is 42.9 Å². The van der Waals surface area contributed by atoms with Gasteiger partial charge in [0.1, 0.15) is 0 Å². The van der Waals surface area contributed by atoms with Crippen molar-refractivity contribution >= 4 is 29.2 Å². The van der Waals surface area contributed by atoms with Gasteiger partial charge in [0.15, 0.2) is 0 Å². The second kappa shape index (κ2) is 7.16. The highest BCUT2D eigenvalue weighted by molar-refractivity contribution is 6.42. The molecule has 0 radical (unpaired) electrons. The van der Waals surface area contributed by atoms with Crippen molar-refractivity contribution in [2.75, 3.05) is 6.61 Å². The fraction of sp³-hybridized carbons (Fsp3) is 0.533. The zero-order valence-corrected chi connectivity index (χ0v) is 13.1. The molecule has 2 nitrogen and oxygen atoms in total. The van der Waals surface area contributed by atoms with Gasteiger partial charge >= 0.3 is 5.97 Å². The van der Waals surface area contributed by atoms with Crippen LogP contribution in [0.1, 0.15) is 39.2 Å². The number of carbonyl (C=O) groups excluding carboxylic acids is 1. The third-order valence-corrected chi connectivity index (χ3v) is 3.74.